The van der Waals surface area contributed by atoms with Crippen molar-refractivity contribution in [2.24, 2.45) is 16.7 Å². The highest BCUT2D eigenvalue weighted by molar-refractivity contribution is 5.88. The molecule has 5 nitrogen and oxygen atoms in total. The van der Waals surface area contributed by atoms with E-state index in [4.69, 9.17) is 14.2 Å². The molecular weight excluding hydrogens is 332 g/mol. The minimum absolute atomic E-state index is 0.113. The van der Waals surface area contributed by atoms with Gasteiger partial charge in [-0.15, -0.1) is 0 Å². The second-order valence-electron chi connectivity index (χ2n) is 9.62. The van der Waals surface area contributed by atoms with Crippen molar-refractivity contribution in [3.63, 3.8) is 0 Å². The lowest BCUT2D eigenvalue weighted by molar-refractivity contribution is -0.303. The maximum Gasteiger partial charge on any atom is 0.344 e. The van der Waals surface area contributed by atoms with Crippen LogP contribution in [0.1, 0.15) is 66.7 Å². The molecule has 3 unspecified atom stereocenters. The first-order valence-electron chi connectivity index (χ1n) is 9.66. The van der Waals surface area contributed by atoms with E-state index in [0.29, 0.717) is 6.61 Å². The molecule has 4 fully saturated rings. The molecule has 5 heteroatoms. The van der Waals surface area contributed by atoms with Crippen LogP contribution in [0.3, 0.4) is 0 Å². The van der Waals surface area contributed by atoms with Crippen molar-refractivity contribution >= 4 is 11.9 Å². The minimum Gasteiger partial charge on any atom is -0.456 e. The Labute approximate surface area is 156 Å². The summed E-state index contributed by atoms with van der Waals surface area (Å²) in [5.74, 6) is -0.922. The molecule has 0 aromatic carbocycles. The Morgan fingerprint density at radius 2 is 1.58 bits per heavy atom. The van der Waals surface area contributed by atoms with E-state index in [-0.39, 0.29) is 34.5 Å². The fraction of sp³-hybridized carbons (Fsp3) is 0.810. The van der Waals surface area contributed by atoms with Gasteiger partial charge in [-0.05, 0) is 56.8 Å². The highest BCUT2D eigenvalue weighted by atomic mass is 16.6. The van der Waals surface area contributed by atoms with Gasteiger partial charge in [-0.25, -0.2) is 9.59 Å². The number of hydrogen-bond acceptors (Lipinski definition) is 5. The molecule has 4 saturated carbocycles. The van der Waals surface area contributed by atoms with Crippen LogP contribution in [-0.4, -0.2) is 36.4 Å². The monoisotopic (exact) mass is 364 g/mol. The third-order valence-corrected chi connectivity index (χ3v) is 6.75. The predicted octanol–water partition coefficient (Wildman–Crippen LogP) is 3.80. The van der Waals surface area contributed by atoms with Crippen LogP contribution < -0.4 is 0 Å². The summed E-state index contributed by atoms with van der Waals surface area (Å²) in [6.07, 6.45) is 4.89. The molecular formula is C21H32O5. The highest BCUT2D eigenvalue weighted by Crippen LogP contribution is 2.71. The average molecular weight is 364 g/mol. The van der Waals surface area contributed by atoms with Crippen LogP contribution in [0.5, 0.6) is 0 Å². The Hall–Kier alpha value is -1.36. The van der Waals surface area contributed by atoms with Crippen LogP contribution in [0.4, 0.5) is 0 Å². The molecule has 0 aromatic rings. The van der Waals surface area contributed by atoms with Gasteiger partial charge in [0.25, 0.3) is 0 Å². The topological polar surface area (TPSA) is 61.8 Å². The Morgan fingerprint density at radius 3 is 2.08 bits per heavy atom. The summed E-state index contributed by atoms with van der Waals surface area (Å²) < 4.78 is 17.4. The van der Waals surface area contributed by atoms with Crippen LogP contribution in [0.15, 0.2) is 12.2 Å². The van der Waals surface area contributed by atoms with Crippen LogP contribution in [0.2, 0.25) is 0 Å². The number of rotatable bonds is 6. The van der Waals surface area contributed by atoms with Gasteiger partial charge in [0.05, 0.1) is 5.60 Å². The second kappa shape index (κ2) is 6.08. The lowest BCUT2D eigenvalue weighted by Crippen LogP contribution is -2.72. The molecule has 0 spiro atoms. The Morgan fingerprint density at radius 1 is 1.04 bits per heavy atom. The average Bonchev–Trinajstić information content (AvgIpc) is 2.47. The van der Waals surface area contributed by atoms with Crippen molar-refractivity contribution in [2.75, 3.05) is 13.2 Å². The third kappa shape index (κ3) is 3.08. The summed E-state index contributed by atoms with van der Waals surface area (Å²) in [7, 11) is 0. The first kappa shape index (κ1) is 19.4. The lowest BCUT2D eigenvalue weighted by atomic mass is 9.39. The number of hydrogen-bond donors (Lipinski definition) is 0. The van der Waals surface area contributed by atoms with Crippen molar-refractivity contribution in [3.05, 3.63) is 12.2 Å². The van der Waals surface area contributed by atoms with Gasteiger partial charge in [-0.2, -0.15) is 0 Å². The summed E-state index contributed by atoms with van der Waals surface area (Å²) in [4.78, 5) is 24.1. The van der Waals surface area contributed by atoms with E-state index in [9.17, 15) is 9.59 Å². The fourth-order valence-corrected chi connectivity index (χ4v) is 6.69. The Bertz CT molecular complexity index is 618. The van der Waals surface area contributed by atoms with Crippen LogP contribution in [-0.2, 0) is 23.8 Å². The van der Waals surface area contributed by atoms with Crippen LogP contribution in [0, 0.1) is 16.7 Å². The van der Waals surface area contributed by atoms with E-state index in [2.05, 4.69) is 27.4 Å². The molecule has 146 valence electrons. The summed E-state index contributed by atoms with van der Waals surface area (Å²) in [6, 6.07) is 0. The zero-order chi connectivity index (χ0) is 19.4. The lowest BCUT2D eigenvalue weighted by Gasteiger charge is -2.71. The number of esters is 2. The van der Waals surface area contributed by atoms with Crippen molar-refractivity contribution in [1.29, 1.82) is 0 Å². The van der Waals surface area contributed by atoms with Crippen molar-refractivity contribution in [1.82, 2.24) is 0 Å². The fourth-order valence-electron chi connectivity index (χ4n) is 6.69. The number of ether oxygens (including phenoxy) is 3. The first-order valence-corrected chi connectivity index (χ1v) is 9.66. The Balaban J connectivity index is 1.82. The van der Waals surface area contributed by atoms with Crippen LogP contribution in [0.25, 0.3) is 0 Å². The quantitative estimate of drug-likeness (QED) is 0.530. The van der Waals surface area contributed by atoms with Gasteiger partial charge in [0.2, 0.25) is 0 Å². The number of carbonyl (C=O) groups is 2. The minimum atomic E-state index is -0.565. The molecule has 0 aliphatic heterocycles. The van der Waals surface area contributed by atoms with Gasteiger partial charge >= 0.3 is 11.9 Å². The van der Waals surface area contributed by atoms with Gasteiger partial charge in [-0.1, -0.05) is 27.4 Å². The molecule has 3 atom stereocenters. The summed E-state index contributed by atoms with van der Waals surface area (Å²) >= 11 is 0. The molecule has 0 N–H and O–H groups in total. The molecule has 4 aliphatic rings. The largest absolute Gasteiger partial charge is 0.456 e. The van der Waals surface area contributed by atoms with E-state index in [1.165, 1.54) is 0 Å². The van der Waals surface area contributed by atoms with E-state index >= 15 is 0 Å². The van der Waals surface area contributed by atoms with Gasteiger partial charge in [0.15, 0.2) is 6.61 Å². The molecule has 0 aromatic heterocycles. The summed E-state index contributed by atoms with van der Waals surface area (Å²) in [6.45, 7) is 14.2. The van der Waals surface area contributed by atoms with Gasteiger partial charge in [0.1, 0.15) is 5.60 Å². The molecule has 4 bridgehead atoms. The molecule has 0 amide bonds. The maximum absolute atomic E-state index is 12.5. The van der Waals surface area contributed by atoms with E-state index in [1.54, 1.807) is 6.92 Å². The highest BCUT2D eigenvalue weighted by Gasteiger charge is 2.71. The molecule has 4 rings (SSSR count). The summed E-state index contributed by atoms with van der Waals surface area (Å²) in [5.41, 5.74) is -0.276. The van der Waals surface area contributed by atoms with Crippen molar-refractivity contribution < 1.29 is 23.8 Å². The number of carbonyl (C=O) groups excluding carboxylic acids is 2. The normalized spacial score (nSPS) is 43.2. The molecule has 4 aliphatic carbocycles. The van der Waals surface area contributed by atoms with Crippen LogP contribution >= 0.6 is 0 Å². The van der Waals surface area contributed by atoms with E-state index in [0.717, 1.165) is 32.1 Å². The summed E-state index contributed by atoms with van der Waals surface area (Å²) in [5, 5.41) is 0. The van der Waals surface area contributed by atoms with E-state index in [1.807, 2.05) is 6.92 Å². The van der Waals surface area contributed by atoms with Gasteiger partial charge in [0, 0.05) is 18.1 Å². The molecule has 26 heavy (non-hydrogen) atoms. The standard InChI is InChI=1S/C21H32O5/c1-7-25-20-10-18(5)9-19(6,11-20)13-21(12-18,15(20)4)26-16(22)8-24-17(23)14(2)3/h15H,2,7-13H2,1,3-6H3. The van der Waals surface area contributed by atoms with Crippen molar-refractivity contribution in [2.45, 2.75) is 77.9 Å². The second-order valence-corrected chi connectivity index (χ2v) is 9.62. The molecule has 0 radical (unpaired) electrons. The van der Waals surface area contributed by atoms with Gasteiger partial charge in [-0.3, -0.25) is 0 Å². The third-order valence-electron chi connectivity index (χ3n) is 6.75. The molecule has 0 heterocycles. The SMILES string of the molecule is C=C(C)C(=O)OCC(=O)OC12CC3(C)CC(C)(CC(OCC)(C3)C1C)C2. The van der Waals surface area contributed by atoms with Gasteiger partial charge < -0.3 is 14.2 Å². The van der Waals surface area contributed by atoms with E-state index < -0.39 is 17.5 Å². The smallest absolute Gasteiger partial charge is 0.344 e. The predicted molar refractivity (Wildman–Crippen MR) is 97.4 cm³/mol. The first-order chi connectivity index (χ1) is 12.0. The van der Waals surface area contributed by atoms with Crippen molar-refractivity contribution in [3.8, 4) is 0 Å². The molecule has 0 saturated heterocycles. The zero-order valence-electron chi connectivity index (χ0n) is 16.8. The maximum atomic E-state index is 12.5. The zero-order valence-corrected chi connectivity index (χ0v) is 16.8. The Kier molecular flexibility index (Phi) is 4.54.